The molecule has 0 fully saturated rings. The van der Waals surface area contributed by atoms with Crippen LogP contribution < -0.4 is 5.46 Å². The minimum atomic E-state index is 0.835. The zero-order chi connectivity index (χ0) is 11.4. The van der Waals surface area contributed by atoms with Crippen molar-refractivity contribution in [1.82, 2.24) is 0 Å². The van der Waals surface area contributed by atoms with E-state index >= 15 is 0 Å². The highest BCUT2D eigenvalue weighted by Crippen LogP contribution is 2.46. The van der Waals surface area contributed by atoms with Crippen molar-refractivity contribution >= 4 is 24.1 Å². The largest absolute Gasteiger partial charge is 0.113 e. The van der Waals surface area contributed by atoms with E-state index in [1.54, 1.807) is 0 Å². The molecule has 0 nitrogen and oxygen atoms in total. The van der Waals surface area contributed by atoms with Gasteiger partial charge >= 0.3 is 0 Å². The molecule has 1 aliphatic carbocycles. The summed E-state index contributed by atoms with van der Waals surface area (Å²) in [6, 6.07) is 19.1. The molecule has 0 aromatic heterocycles. The predicted octanol–water partition coefficient (Wildman–Crippen LogP) is 3.28. The molecule has 0 spiro atoms. The predicted molar refractivity (Wildman–Crippen MR) is 73.8 cm³/mol. The maximum Gasteiger partial charge on any atom is 0.113 e. The molecule has 0 amide bonds. The Morgan fingerprint density at radius 1 is 0.647 bits per heavy atom. The Kier molecular flexibility index (Phi) is 1.60. The monoisotopic (exact) mass is 212 g/mol. The molecule has 0 aliphatic heterocycles. The maximum absolute atomic E-state index is 5.98. The molecule has 2 radical (unpaired) electrons. The summed E-state index contributed by atoms with van der Waals surface area (Å²) < 4.78 is 0. The van der Waals surface area contributed by atoms with Crippen molar-refractivity contribution in [3.05, 3.63) is 54.6 Å². The third-order valence-corrected chi connectivity index (χ3v) is 3.51. The summed E-state index contributed by atoms with van der Waals surface area (Å²) in [6.07, 6.45) is 0. The lowest BCUT2D eigenvalue weighted by Crippen LogP contribution is -2.01. The Balaban J connectivity index is 2.30. The van der Waals surface area contributed by atoms with Gasteiger partial charge in [0.2, 0.25) is 0 Å². The number of hydrogen-bond donors (Lipinski definition) is 0. The molecule has 17 heavy (non-hydrogen) atoms. The fourth-order valence-corrected chi connectivity index (χ4v) is 2.84. The molecule has 0 unspecified atom stereocenters. The van der Waals surface area contributed by atoms with E-state index in [-0.39, 0.29) is 0 Å². The molecule has 4 rings (SSSR count). The lowest BCUT2D eigenvalue weighted by Gasteiger charge is -2.03. The second-order valence-electron chi connectivity index (χ2n) is 4.52. The van der Waals surface area contributed by atoms with Crippen LogP contribution in [0.3, 0.4) is 0 Å². The highest BCUT2D eigenvalue weighted by molar-refractivity contribution is 6.35. The summed E-state index contributed by atoms with van der Waals surface area (Å²) in [5.74, 6) is 0. The van der Waals surface area contributed by atoms with E-state index < -0.39 is 0 Å². The third-order valence-electron chi connectivity index (χ3n) is 3.51. The molecule has 3 aromatic rings. The Labute approximate surface area is 101 Å². The molecule has 0 saturated heterocycles. The van der Waals surface area contributed by atoms with Crippen LogP contribution in [-0.4, -0.2) is 7.85 Å². The average molecular weight is 212 g/mol. The highest BCUT2D eigenvalue weighted by atomic mass is 14.2. The van der Waals surface area contributed by atoms with Gasteiger partial charge in [0, 0.05) is 0 Å². The second kappa shape index (κ2) is 3.01. The van der Waals surface area contributed by atoms with Crippen molar-refractivity contribution in [2.45, 2.75) is 0 Å². The van der Waals surface area contributed by atoms with Gasteiger partial charge in [-0.15, -0.1) is 0 Å². The van der Waals surface area contributed by atoms with Crippen LogP contribution in [0.4, 0.5) is 0 Å². The number of rotatable bonds is 0. The molecule has 0 N–H and O–H groups in total. The maximum atomic E-state index is 5.98. The third kappa shape index (κ3) is 1.09. The standard InChI is InChI=1S/C16H9B/c17-11-8-10-4-3-7-14-12-5-1-2-6-13(12)15(9-11)16(10)14/h1-9H. The fourth-order valence-electron chi connectivity index (χ4n) is 2.84. The molecule has 0 saturated carbocycles. The van der Waals surface area contributed by atoms with Crippen LogP contribution in [-0.2, 0) is 0 Å². The van der Waals surface area contributed by atoms with Crippen molar-refractivity contribution in [3.63, 3.8) is 0 Å². The number of fused-ring (bicyclic) bond motifs is 3. The van der Waals surface area contributed by atoms with Crippen LogP contribution in [0.2, 0.25) is 0 Å². The molecule has 0 atom stereocenters. The second-order valence-corrected chi connectivity index (χ2v) is 4.52. The first kappa shape index (κ1) is 9.06. The summed E-state index contributed by atoms with van der Waals surface area (Å²) in [5.41, 5.74) is 6.05. The lowest BCUT2D eigenvalue weighted by atomic mass is 9.90. The Morgan fingerprint density at radius 2 is 1.35 bits per heavy atom. The van der Waals surface area contributed by atoms with Gasteiger partial charge < -0.3 is 0 Å². The first-order valence-electron chi connectivity index (χ1n) is 5.76. The summed E-state index contributed by atoms with van der Waals surface area (Å²) in [7, 11) is 5.98. The van der Waals surface area contributed by atoms with Gasteiger partial charge in [-0.25, -0.2) is 0 Å². The van der Waals surface area contributed by atoms with Crippen molar-refractivity contribution in [1.29, 1.82) is 0 Å². The first-order valence-corrected chi connectivity index (χ1v) is 5.76. The molecule has 76 valence electrons. The zero-order valence-electron chi connectivity index (χ0n) is 9.27. The Hall–Kier alpha value is -2.02. The molecule has 1 heteroatoms. The van der Waals surface area contributed by atoms with E-state index in [1.165, 1.54) is 33.0 Å². The van der Waals surface area contributed by atoms with Gasteiger partial charge in [-0.05, 0) is 33.0 Å². The van der Waals surface area contributed by atoms with Crippen LogP contribution in [0, 0.1) is 0 Å². The van der Waals surface area contributed by atoms with E-state index in [2.05, 4.69) is 48.5 Å². The Bertz CT molecular complexity index is 757. The molecular weight excluding hydrogens is 203 g/mol. The van der Waals surface area contributed by atoms with Crippen molar-refractivity contribution in [3.8, 4) is 22.3 Å². The number of benzene rings is 3. The van der Waals surface area contributed by atoms with E-state index in [0.29, 0.717) is 0 Å². The first-order chi connectivity index (χ1) is 8.34. The normalized spacial score (nSPS) is 11.8. The summed E-state index contributed by atoms with van der Waals surface area (Å²) in [5, 5.41) is 2.57. The average Bonchev–Trinajstić information content (AvgIpc) is 2.67. The molecular formula is C16H9B. The van der Waals surface area contributed by atoms with E-state index in [0.717, 1.165) is 5.46 Å². The quantitative estimate of drug-likeness (QED) is 0.392. The summed E-state index contributed by atoms with van der Waals surface area (Å²) in [6.45, 7) is 0. The van der Waals surface area contributed by atoms with Gasteiger partial charge in [-0.2, -0.15) is 0 Å². The smallest absolute Gasteiger partial charge is 0.0954 e. The van der Waals surface area contributed by atoms with Gasteiger partial charge in [0.1, 0.15) is 7.85 Å². The van der Waals surface area contributed by atoms with Crippen LogP contribution in [0.25, 0.3) is 33.0 Å². The molecule has 0 heterocycles. The molecule has 3 aromatic carbocycles. The van der Waals surface area contributed by atoms with E-state index in [4.69, 9.17) is 7.85 Å². The lowest BCUT2D eigenvalue weighted by molar-refractivity contribution is 1.70. The van der Waals surface area contributed by atoms with Gasteiger partial charge in [0.05, 0.1) is 0 Å². The highest BCUT2D eigenvalue weighted by Gasteiger charge is 2.20. The minimum absolute atomic E-state index is 0.835. The van der Waals surface area contributed by atoms with Crippen molar-refractivity contribution in [2.24, 2.45) is 0 Å². The van der Waals surface area contributed by atoms with Gasteiger partial charge in [-0.3, -0.25) is 0 Å². The van der Waals surface area contributed by atoms with Crippen molar-refractivity contribution in [2.75, 3.05) is 0 Å². The van der Waals surface area contributed by atoms with Gasteiger partial charge in [0.25, 0.3) is 0 Å². The van der Waals surface area contributed by atoms with E-state index in [1.807, 2.05) is 6.07 Å². The van der Waals surface area contributed by atoms with E-state index in [9.17, 15) is 0 Å². The fraction of sp³-hybridized carbons (Fsp3) is 0. The van der Waals surface area contributed by atoms with Crippen LogP contribution in [0.5, 0.6) is 0 Å². The number of hydrogen-bond acceptors (Lipinski definition) is 0. The summed E-state index contributed by atoms with van der Waals surface area (Å²) in [4.78, 5) is 0. The minimum Gasteiger partial charge on any atom is -0.0954 e. The van der Waals surface area contributed by atoms with Gasteiger partial charge in [0.15, 0.2) is 0 Å². The van der Waals surface area contributed by atoms with Crippen LogP contribution >= 0.6 is 0 Å². The van der Waals surface area contributed by atoms with Crippen LogP contribution in [0.1, 0.15) is 0 Å². The zero-order valence-corrected chi connectivity index (χ0v) is 9.27. The topological polar surface area (TPSA) is 0 Å². The summed E-state index contributed by atoms with van der Waals surface area (Å²) >= 11 is 0. The Morgan fingerprint density at radius 3 is 2.18 bits per heavy atom. The van der Waals surface area contributed by atoms with Gasteiger partial charge in [-0.1, -0.05) is 60.1 Å². The SMILES string of the molecule is [B]c1cc2c3c(cccc3c1)-c1ccccc1-2. The van der Waals surface area contributed by atoms with Crippen LogP contribution in [0.15, 0.2) is 54.6 Å². The van der Waals surface area contributed by atoms with Crippen molar-refractivity contribution < 1.29 is 0 Å². The molecule has 1 aliphatic rings. The molecule has 0 bridgehead atoms.